The molecule has 1 aromatic rings. The first-order chi connectivity index (χ1) is 9.52. The minimum Gasteiger partial charge on any atom is -0.349 e. The van der Waals surface area contributed by atoms with Crippen LogP contribution in [0.3, 0.4) is 0 Å². The fourth-order valence-electron chi connectivity index (χ4n) is 3.77. The van der Waals surface area contributed by atoms with Gasteiger partial charge in [-0.25, -0.2) is 0 Å². The molecule has 2 nitrogen and oxygen atoms in total. The molecule has 4 atom stereocenters. The summed E-state index contributed by atoms with van der Waals surface area (Å²) in [4.78, 5) is 14.2. The lowest BCUT2D eigenvalue weighted by Gasteiger charge is -2.26. The van der Waals surface area contributed by atoms with E-state index in [0.29, 0.717) is 17.2 Å². The van der Waals surface area contributed by atoms with Crippen molar-refractivity contribution in [2.45, 2.75) is 31.6 Å². The summed E-state index contributed by atoms with van der Waals surface area (Å²) in [6.45, 7) is 4.52. The maximum Gasteiger partial charge on any atom is 0.226 e. The normalized spacial score (nSPS) is 31.8. The Bertz CT molecular complexity index is 564. The van der Waals surface area contributed by atoms with Gasteiger partial charge in [0.15, 0.2) is 0 Å². The molecular formula is C17H22NOP. The summed E-state index contributed by atoms with van der Waals surface area (Å²) in [6, 6.07) is 10.8. The van der Waals surface area contributed by atoms with E-state index >= 15 is 0 Å². The van der Waals surface area contributed by atoms with Crippen LogP contribution in [0, 0.1) is 5.92 Å². The number of hydrogen-bond acceptors (Lipinski definition) is 1. The average molecular weight is 287 g/mol. The molecule has 0 radical (unpaired) electrons. The summed E-state index contributed by atoms with van der Waals surface area (Å²) in [7, 11) is 3.51. The van der Waals surface area contributed by atoms with Gasteiger partial charge < -0.3 is 4.90 Å². The van der Waals surface area contributed by atoms with Gasteiger partial charge in [-0.1, -0.05) is 49.4 Å². The standard InChI is InChI=1S/C17H22NOP/c1-11-12(2)16-14(17(19)18(3)4)10-15(11)20(16)13-8-6-5-7-9-13/h5-9,14-16H,10H2,1-4H3/t14?,15-,16-,20?/m1/s1. The topological polar surface area (TPSA) is 20.3 Å². The molecule has 2 bridgehead atoms. The van der Waals surface area contributed by atoms with Gasteiger partial charge in [0.2, 0.25) is 5.91 Å². The monoisotopic (exact) mass is 287 g/mol. The molecule has 2 unspecified atom stereocenters. The van der Waals surface area contributed by atoms with Crippen molar-refractivity contribution >= 4 is 19.1 Å². The van der Waals surface area contributed by atoms with E-state index in [-0.39, 0.29) is 13.8 Å². The van der Waals surface area contributed by atoms with Crippen molar-refractivity contribution in [3.8, 4) is 0 Å². The Morgan fingerprint density at radius 1 is 1.15 bits per heavy atom. The summed E-state index contributed by atoms with van der Waals surface area (Å²) in [5.74, 6) is 0.512. The fraction of sp³-hybridized carbons (Fsp3) is 0.471. The third kappa shape index (κ3) is 1.93. The summed E-state index contributed by atoms with van der Waals surface area (Å²) in [5, 5.41) is 1.46. The molecule has 0 aromatic heterocycles. The van der Waals surface area contributed by atoms with Crippen LogP contribution in [0.25, 0.3) is 0 Å². The highest BCUT2D eigenvalue weighted by Gasteiger charge is 2.53. The highest BCUT2D eigenvalue weighted by molar-refractivity contribution is 7.68. The summed E-state index contributed by atoms with van der Waals surface area (Å²) >= 11 is 0. The minimum absolute atomic E-state index is 0.199. The van der Waals surface area contributed by atoms with E-state index in [2.05, 4.69) is 44.2 Å². The van der Waals surface area contributed by atoms with Gasteiger partial charge in [-0.2, -0.15) is 0 Å². The minimum atomic E-state index is -0.248. The van der Waals surface area contributed by atoms with Crippen LogP contribution in [0.15, 0.2) is 41.5 Å². The van der Waals surface area contributed by atoms with Crippen LogP contribution < -0.4 is 5.30 Å². The van der Waals surface area contributed by atoms with Gasteiger partial charge in [-0.15, -0.1) is 0 Å². The average Bonchev–Trinajstić information content (AvgIpc) is 2.94. The highest BCUT2D eigenvalue weighted by atomic mass is 31.1. The van der Waals surface area contributed by atoms with E-state index in [1.54, 1.807) is 10.5 Å². The molecule has 0 spiro atoms. The second-order valence-corrected chi connectivity index (χ2v) is 8.65. The number of carbonyl (C=O) groups excluding carboxylic acids is 1. The lowest BCUT2D eigenvalue weighted by molar-refractivity contribution is -0.132. The predicted molar refractivity (Wildman–Crippen MR) is 85.7 cm³/mol. The molecule has 2 heterocycles. The molecule has 1 aromatic carbocycles. The van der Waals surface area contributed by atoms with Crippen LogP contribution in [0.5, 0.6) is 0 Å². The highest BCUT2D eigenvalue weighted by Crippen LogP contribution is 2.67. The zero-order valence-electron chi connectivity index (χ0n) is 12.6. The third-order valence-corrected chi connectivity index (χ3v) is 8.38. The maximum absolute atomic E-state index is 12.5. The van der Waals surface area contributed by atoms with Crippen LogP contribution in [0.2, 0.25) is 0 Å². The molecule has 2 aliphatic rings. The Labute approximate surface area is 122 Å². The van der Waals surface area contributed by atoms with Gasteiger partial charge in [0.25, 0.3) is 0 Å². The molecule has 1 saturated heterocycles. The van der Waals surface area contributed by atoms with Gasteiger partial charge in [-0.3, -0.25) is 4.79 Å². The first-order valence-corrected chi connectivity index (χ1v) is 8.72. The fourth-order valence-corrected chi connectivity index (χ4v) is 7.69. The Morgan fingerprint density at radius 3 is 2.40 bits per heavy atom. The molecule has 106 valence electrons. The van der Waals surface area contributed by atoms with Crippen molar-refractivity contribution in [1.29, 1.82) is 0 Å². The zero-order valence-corrected chi connectivity index (χ0v) is 13.5. The SMILES string of the molecule is CC1=C(C)[C@@H]2C(C(=O)N(C)C)C[C@H]1P2c1ccccc1. The van der Waals surface area contributed by atoms with E-state index in [4.69, 9.17) is 0 Å². The smallest absolute Gasteiger partial charge is 0.226 e. The summed E-state index contributed by atoms with van der Waals surface area (Å²) in [5.41, 5.74) is 4.11. The number of rotatable bonds is 2. The lowest BCUT2D eigenvalue weighted by atomic mass is 9.84. The van der Waals surface area contributed by atoms with Crippen LogP contribution in [-0.2, 0) is 4.79 Å². The molecule has 20 heavy (non-hydrogen) atoms. The van der Waals surface area contributed by atoms with Crippen LogP contribution in [-0.4, -0.2) is 36.2 Å². The van der Waals surface area contributed by atoms with Crippen LogP contribution in [0.1, 0.15) is 20.3 Å². The number of amides is 1. The molecule has 1 amide bonds. The van der Waals surface area contributed by atoms with E-state index in [1.807, 2.05) is 14.1 Å². The molecule has 1 fully saturated rings. The number of allylic oxidation sites excluding steroid dienone is 2. The molecule has 0 N–H and O–H groups in total. The molecule has 0 aliphatic carbocycles. The van der Waals surface area contributed by atoms with Gasteiger partial charge in [0.05, 0.1) is 0 Å². The lowest BCUT2D eigenvalue weighted by Crippen LogP contribution is -2.35. The molecule has 2 aliphatic heterocycles. The van der Waals surface area contributed by atoms with Crippen molar-refractivity contribution in [1.82, 2.24) is 4.90 Å². The Balaban J connectivity index is 1.98. The van der Waals surface area contributed by atoms with Gasteiger partial charge in [-0.05, 0) is 25.6 Å². The Hall–Kier alpha value is -1.14. The summed E-state index contributed by atoms with van der Waals surface area (Å²) < 4.78 is 0. The van der Waals surface area contributed by atoms with Crippen LogP contribution >= 0.6 is 7.92 Å². The van der Waals surface area contributed by atoms with Crippen molar-refractivity contribution in [2.75, 3.05) is 14.1 Å². The molecule has 3 heteroatoms. The van der Waals surface area contributed by atoms with Gasteiger partial charge >= 0.3 is 0 Å². The number of fused-ring (bicyclic) bond motifs is 2. The second-order valence-electron chi connectivity index (χ2n) is 6.14. The largest absolute Gasteiger partial charge is 0.349 e. The third-order valence-electron chi connectivity index (χ3n) is 4.87. The molecule has 0 saturated carbocycles. The quantitative estimate of drug-likeness (QED) is 0.605. The summed E-state index contributed by atoms with van der Waals surface area (Å²) in [6.07, 6.45) is 1.05. The van der Waals surface area contributed by atoms with E-state index in [0.717, 1.165) is 6.42 Å². The number of benzene rings is 1. The number of nitrogens with zero attached hydrogens (tertiary/aromatic N) is 1. The van der Waals surface area contributed by atoms with Crippen molar-refractivity contribution in [2.24, 2.45) is 5.92 Å². The van der Waals surface area contributed by atoms with Crippen LogP contribution in [0.4, 0.5) is 0 Å². The zero-order chi connectivity index (χ0) is 14.4. The van der Waals surface area contributed by atoms with E-state index < -0.39 is 0 Å². The number of carbonyl (C=O) groups is 1. The predicted octanol–water partition coefficient (Wildman–Crippen LogP) is 2.99. The van der Waals surface area contributed by atoms with Crippen molar-refractivity contribution < 1.29 is 4.79 Å². The molecular weight excluding hydrogens is 265 g/mol. The first-order valence-electron chi connectivity index (χ1n) is 7.24. The van der Waals surface area contributed by atoms with Crippen molar-refractivity contribution in [3.05, 3.63) is 41.5 Å². The van der Waals surface area contributed by atoms with E-state index in [9.17, 15) is 4.79 Å². The Kier molecular flexibility index (Phi) is 3.46. The Morgan fingerprint density at radius 2 is 1.80 bits per heavy atom. The molecule has 3 rings (SSSR count). The van der Waals surface area contributed by atoms with Gasteiger partial charge in [0.1, 0.15) is 0 Å². The second kappa shape index (κ2) is 5.00. The van der Waals surface area contributed by atoms with Gasteiger partial charge in [0, 0.05) is 31.3 Å². The first kappa shape index (κ1) is 13.8. The maximum atomic E-state index is 12.5. The van der Waals surface area contributed by atoms with E-state index in [1.165, 1.54) is 10.9 Å². The number of hydrogen-bond donors (Lipinski definition) is 0. The van der Waals surface area contributed by atoms with Crippen molar-refractivity contribution in [3.63, 3.8) is 0 Å².